The molecule has 3 unspecified atom stereocenters. The van der Waals surface area contributed by atoms with Crippen molar-refractivity contribution in [3.63, 3.8) is 0 Å². The van der Waals surface area contributed by atoms with Gasteiger partial charge < -0.3 is 10.2 Å². The number of nitrogens with two attached hydrogens (primary N) is 1. The molecule has 2 heteroatoms. The van der Waals surface area contributed by atoms with Crippen molar-refractivity contribution in [3.05, 3.63) is 36.1 Å². The second-order valence-corrected chi connectivity index (χ2v) is 4.59. The van der Waals surface area contributed by atoms with Crippen molar-refractivity contribution in [1.29, 1.82) is 0 Å². The molecule has 1 fully saturated rings. The molecule has 1 aromatic carbocycles. The molecule has 1 saturated carbocycles. The van der Waals surface area contributed by atoms with Crippen LogP contribution in [0.2, 0.25) is 0 Å². The first-order chi connectivity index (χ1) is 7.25. The minimum Gasteiger partial charge on any atom is -0.459 e. The maximum Gasteiger partial charge on any atom is 0.134 e. The fourth-order valence-electron chi connectivity index (χ4n) is 2.23. The molecule has 0 aliphatic heterocycles. The fourth-order valence-corrected chi connectivity index (χ4v) is 2.23. The monoisotopic (exact) mass is 201 g/mol. The van der Waals surface area contributed by atoms with Crippen molar-refractivity contribution in [2.45, 2.75) is 19.4 Å². The Kier molecular flexibility index (Phi) is 1.86. The van der Waals surface area contributed by atoms with Crippen LogP contribution >= 0.6 is 0 Å². The number of hydrogen-bond donors (Lipinski definition) is 1. The molecule has 0 amide bonds. The molecule has 2 aromatic rings. The molecule has 3 rings (SSSR count). The summed E-state index contributed by atoms with van der Waals surface area (Å²) in [7, 11) is 0. The minimum absolute atomic E-state index is 0.0763. The van der Waals surface area contributed by atoms with Crippen LogP contribution in [-0.2, 0) is 0 Å². The zero-order chi connectivity index (χ0) is 10.4. The van der Waals surface area contributed by atoms with Gasteiger partial charge in [-0.15, -0.1) is 0 Å². The minimum atomic E-state index is 0.0763. The summed E-state index contributed by atoms with van der Waals surface area (Å²) in [5.74, 6) is 2.31. The third-order valence-corrected chi connectivity index (χ3v) is 3.41. The van der Waals surface area contributed by atoms with Crippen molar-refractivity contribution in [2.75, 3.05) is 0 Å². The molecule has 2 N–H and O–H groups in total. The van der Waals surface area contributed by atoms with E-state index in [0.29, 0.717) is 5.92 Å². The van der Waals surface area contributed by atoms with Crippen molar-refractivity contribution in [2.24, 2.45) is 17.6 Å². The number of rotatable bonds is 2. The first-order valence-corrected chi connectivity index (χ1v) is 5.50. The topological polar surface area (TPSA) is 39.2 Å². The number of hydrogen-bond acceptors (Lipinski definition) is 2. The summed E-state index contributed by atoms with van der Waals surface area (Å²) in [6, 6.07) is 10.2. The van der Waals surface area contributed by atoms with E-state index >= 15 is 0 Å². The smallest absolute Gasteiger partial charge is 0.134 e. The van der Waals surface area contributed by atoms with E-state index < -0.39 is 0 Å². The highest BCUT2D eigenvalue weighted by molar-refractivity contribution is 5.77. The molecule has 1 aliphatic carbocycles. The van der Waals surface area contributed by atoms with Crippen LogP contribution in [0.15, 0.2) is 34.7 Å². The van der Waals surface area contributed by atoms with Gasteiger partial charge in [0.1, 0.15) is 11.3 Å². The van der Waals surface area contributed by atoms with E-state index in [4.69, 9.17) is 10.2 Å². The number of para-hydroxylation sites is 1. The van der Waals surface area contributed by atoms with Gasteiger partial charge in [0, 0.05) is 5.39 Å². The first kappa shape index (κ1) is 8.98. The summed E-state index contributed by atoms with van der Waals surface area (Å²) >= 11 is 0. The molecular formula is C13H15NO. The molecule has 0 saturated heterocycles. The Labute approximate surface area is 89.1 Å². The zero-order valence-corrected chi connectivity index (χ0v) is 8.81. The van der Waals surface area contributed by atoms with Crippen LogP contribution in [0.5, 0.6) is 0 Å². The van der Waals surface area contributed by atoms with Gasteiger partial charge in [-0.1, -0.05) is 25.1 Å². The molecule has 3 atom stereocenters. The van der Waals surface area contributed by atoms with Gasteiger partial charge in [-0.25, -0.2) is 0 Å². The third-order valence-electron chi connectivity index (χ3n) is 3.41. The Morgan fingerprint density at radius 1 is 1.40 bits per heavy atom. The fraction of sp³-hybridized carbons (Fsp3) is 0.385. The molecular weight excluding hydrogens is 186 g/mol. The van der Waals surface area contributed by atoms with Crippen molar-refractivity contribution in [1.82, 2.24) is 0 Å². The number of fused-ring (bicyclic) bond motifs is 1. The van der Waals surface area contributed by atoms with E-state index in [1.54, 1.807) is 0 Å². The van der Waals surface area contributed by atoms with Crippen molar-refractivity contribution < 1.29 is 4.42 Å². The Morgan fingerprint density at radius 3 is 2.80 bits per heavy atom. The van der Waals surface area contributed by atoms with Crippen LogP contribution in [-0.4, -0.2) is 0 Å². The van der Waals surface area contributed by atoms with Gasteiger partial charge in [0.05, 0.1) is 6.04 Å². The molecule has 1 aromatic heterocycles. The summed E-state index contributed by atoms with van der Waals surface area (Å²) in [6.45, 7) is 2.24. The summed E-state index contributed by atoms with van der Waals surface area (Å²) in [6.07, 6.45) is 1.23. The second-order valence-electron chi connectivity index (χ2n) is 4.59. The summed E-state index contributed by atoms with van der Waals surface area (Å²) in [5.41, 5.74) is 7.10. The van der Waals surface area contributed by atoms with E-state index in [2.05, 4.69) is 19.1 Å². The van der Waals surface area contributed by atoms with Gasteiger partial charge in [0.2, 0.25) is 0 Å². The van der Waals surface area contributed by atoms with E-state index in [-0.39, 0.29) is 6.04 Å². The van der Waals surface area contributed by atoms with E-state index in [1.807, 2.05) is 18.2 Å². The Hall–Kier alpha value is -1.28. The van der Waals surface area contributed by atoms with E-state index in [9.17, 15) is 0 Å². The molecule has 0 bridgehead atoms. The molecule has 15 heavy (non-hydrogen) atoms. The normalized spacial score (nSPS) is 26.8. The highest BCUT2D eigenvalue weighted by atomic mass is 16.3. The van der Waals surface area contributed by atoms with Crippen LogP contribution in [0.25, 0.3) is 11.0 Å². The highest BCUT2D eigenvalue weighted by Crippen LogP contribution is 2.46. The van der Waals surface area contributed by atoms with E-state index in [1.165, 1.54) is 6.42 Å². The highest BCUT2D eigenvalue weighted by Gasteiger charge is 2.39. The third kappa shape index (κ3) is 1.45. The van der Waals surface area contributed by atoms with Crippen LogP contribution in [0.4, 0.5) is 0 Å². The summed E-state index contributed by atoms with van der Waals surface area (Å²) < 4.78 is 5.75. The molecule has 2 nitrogen and oxygen atoms in total. The van der Waals surface area contributed by atoms with Gasteiger partial charge in [0.15, 0.2) is 0 Å². The molecule has 0 radical (unpaired) electrons. The Bertz CT molecular complexity index is 455. The predicted molar refractivity (Wildman–Crippen MR) is 60.4 cm³/mol. The SMILES string of the molecule is CC1CC1C(N)c1cc2ccccc2o1. The number of benzene rings is 1. The van der Waals surface area contributed by atoms with Gasteiger partial charge in [-0.2, -0.15) is 0 Å². The van der Waals surface area contributed by atoms with Crippen LogP contribution in [0.3, 0.4) is 0 Å². The lowest BCUT2D eigenvalue weighted by molar-refractivity contribution is 0.455. The standard InChI is InChI=1S/C13H15NO/c1-8-6-10(8)13(14)12-7-9-4-2-3-5-11(9)15-12/h2-5,7-8,10,13H,6,14H2,1H3. The number of furan rings is 1. The lowest BCUT2D eigenvalue weighted by Crippen LogP contribution is -2.12. The van der Waals surface area contributed by atoms with Gasteiger partial charge in [-0.05, 0) is 30.4 Å². The lowest BCUT2D eigenvalue weighted by atomic mass is 10.1. The first-order valence-electron chi connectivity index (χ1n) is 5.50. The van der Waals surface area contributed by atoms with Crippen molar-refractivity contribution in [3.8, 4) is 0 Å². The van der Waals surface area contributed by atoms with Gasteiger partial charge in [-0.3, -0.25) is 0 Å². The van der Waals surface area contributed by atoms with Gasteiger partial charge in [0.25, 0.3) is 0 Å². The van der Waals surface area contributed by atoms with Gasteiger partial charge >= 0.3 is 0 Å². The van der Waals surface area contributed by atoms with Crippen LogP contribution < -0.4 is 5.73 Å². The second kappa shape index (κ2) is 3.11. The van der Waals surface area contributed by atoms with Crippen LogP contribution in [0.1, 0.15) is 25.1 Å². The summed E-state index contributed by atoms with van der Waals surface area (Å²) in [4.78, 5) is 0. The Balaban J connectivity index is 1.97. The van der Waals surface area contributed by atoms with E-state index in [0.717, 1.165) is 22.6 Å². The molecule has 0 spiro atoms. The predicted octanol–water partition coefficient (Wildman–Crippen LogP) is 3.09. The quantitative estimate of drug-likeness (QED) is 0.811. The molecule has 1 heterocycles. The average Bonchev–Trinajstić information content (AvgIpc) is 2.81. The largest absolute Gasteiger partial charge is 0.459 e. The Morgan fingerprint density at radius 2 is 2.13 bits per heavy atom. The maximum atomic E-state index is 6.16. The maximum absolute atomic E-state index is 6.16. The zero-order valence-electron chi connectivity index (χ0n) is 8.81. The summed E-state index contributed by atoms with van der Waals surface area (Å²) in [5, 5.41) is 1.15. The molecule has 78 valence electrons. The molecule has 1 aliphatic rings. The lowest BCUT2D eigenvalue weighted by Gasteiger charge is -2.05. The van der Waals surface area contributed by atoms with Crippen LogP contribution in [0, 0.1) is 11.8 Å². The van der Waals surface area contributed by atoms with Crippen molar-refractivity contribution >= 4 is 11.0 Å². The average molecular weight is 201 g/mol.